The van der Waals surface area contributed by atoms with Crippen molar-refractivity contribution < 1.29 is 9.76 Å². The van der Waals surface area contributed by atoms with Crippen LogP contribution in [0, 0.1) is 10.1 Å². The first kappa shape index (κ1) is 12.3. The second-order valence-corrected chi connectivity index (χ2v) is 4.11. The topological polar surface area (TPSA) is 68.0 Å². The second-order valence-electron chi connectivity index (χ2n) is 4.11. The molecule has 1 aliphatic heterocycles. The van der Waals surface area contributed by atoms with Crippen molar-refractivity contribution in [2.24, 2.45) is 5.16 Å². The van der Waals surface area contributed by atoms with Crippen LogP contribution in [0.2, 0.25) is 0 Å². The van der Waals surface area contributed by atoms with Gasteiger partial charge in [0.1, 0.15) is 7.11 Å². The lowest BCUT2D eigenvalue weighted by atomic mass is 10.1. The highest BCUT2D eigenvalue weighted by Gasteiger charge is 2.17. The second kappa shape index (κ2) is 5.48. The van der Waals surface area contributed by atoms with Crippen LogP contribution in [-0.4, -0.2) is 31.3 Å². The summed E-state index contributed by atoms with van der Waals surface area (Å²) >= 11 is 0. The maximum Gasteiger partial charge on any atom is 0.270 e. The van der Waals surface area contributed by atoms with Gasteiger partial charge in [-0.05, 0) is 18.9 Å². The molecule has 1 aliphatic rings. The van der Waals surface area contributed by atoms with Crippen molar-refractivity contribution in [2.75, 3.05) is 25.1 Å². The van der Waals surface area contributed by atoms with Gasteiger partial charge >= 0.3 is 0 Å². The van der Waals surface area contributed by atoms with E-state index in [4.69, 9.17) is 0 Å². The maximum atomic E-state index is 10.8. The molecule has 18 heavy (non-hydrogen) atoms. The minimum absolute atomic E-state index is 0.0653. The van der Waals surface area contributed by atoms with Gasteiger partial charge in [0, 0.05) is 36.5 Å². The zero-order chi connectivity index (χ0) is 13.0. The van der Waals surface area contributed by atoms with Gasteiger partial charge in [-0.1, -0.05) is 5.16 Å². The molecular formula is C12H15N3O3. The van der Waals surface area contributed by atoms with Crippen LogP contribution >= 0.6 is 0 Å². The minimum Gasteiger partial charge on any atom is -0.399 e. The van der Waals surface area contributed by atoms with E-state index in [-0.39, 0.29) is 5.69 Å². The lowest BCUT2D eigenvalue weighted by molar-refractivity contribution is -0.384. The van der Waals surface area contributed by atoms with E-state index >= 15 is 0 Å². The van der Waals surface area contributed by atoms with Gasteiger partial charge in [0.2, 0.25) is 0 Å². The highest BCUT2D eigenvalue weighted by atomic mass is 16.6. The average molecular weight is 249 g/mol. The fourth-order valence-corrected chi connectivity index (χ4v) is 2.11. The molecular weight excluding hydrogens is 234 g/mol. The fourth-order valence-electron chi connectivity index (χ4n) is 2.11. The number of oxime groups is 1. The van der Waals surface area contributed by atoms with Crippen molar-refractivity contribution in [1.29, 1.82) is 0 Å². The third-order valence-corrected chi connectivity index (χ3v) is 2.97. The molecule has 0 saturated carbocycles. The van der Waals surface area contributed by atoms with Gasteiger partial charge in [-0.25, -0.2) is 0 Å². The number of anilines is 1. The molecule has 0 bridgehead atoms. The summed E-state index contributed by atoms with van der Waals surface area (Å²) in [6.45, 7) is 1.96. The number of hydrogen-bond donors (Lipinski definition) is 0. The van der Waals surface area contributed by atoms with E-state index in [0.29, 0.717) is 5.56 Å². The standard InChI is InChI=1S/C12H15N3O3/c1-18-13-9-10-8-11(15(16)17)4-5-12(10)14-6-2-3-7-14/h4-5,8-9H,2-3,6-7H2,1H3/b13-9-. The Morgan fingerprint density at radius 1 is 1.44 bits per heavy atom. The minimum atomic E-state index is -0.405. The Morgan fingerprint density at radius 3 is 2.78 bits per heavy atom. The zero-order valence-electron chi connectivity index (χ0n) is 10.2. The van der Waals surface area contributed by atoms with Crippen molar-refractivity contribution in [1.82, 2.24) is 0 Å². The summed E-state index contributed by atoms with van der Waals surface area (Å²) in [7, 11) is 1.45. The summed E-state index contributed by atoms with van der Waals surface area (Å²) in [4.78, 5) is 17.2. The van der Waals surface area contributed by atoms with E-state index in [1.807, 2.05) is 0 Å². The van der Waals surface area contributed by atoms with Gasteiger partial charge < -0.3 is 9.74 Å². The van der Waals surface area contributed by atoms with Crippen molar-refractivity contribution in [3.63, 3.8) is 0 Å². The van der Waals surface area contributed by atoms with Gasteiger partial charge in [0.15, 0.2) is 0 Å². The Labute approximate surface area is 105 Å². The Balaban J connectivity index is 2.37. The van der Waals surface area contributed by atoms with Gasteiger partial charge in [0.25, 0.3) is 5.69 Å². The van der Waals surface area contributed by atoms with Gasteiger partial charge in [-0.2, -0.15) is 0 Å². The Hall–Kier alpha value is -2.11. The predicted molar refractivity (Wildman–Crippen MR) is 69.1 cm³/mol. The first-order valence-electron chi connectivity index (χ1n) is 5.82. The molecule has 1 heterocycles. The molecule has 0 atom stereocenters. The van der Waals surface area contributed by atoms with Crippen molar-refractivity contribution in [3.05, 3.63) is 33.9 Å². The number of nitrogens with zero attached hydrogens (tertiary/aromatic N) is 3. The Kier molecular flexibility index (Phi) is 3.76. The summed E-state index contributed by atoms with van der Waals surface area (Å²) in [5.74, 6) is 0. The first-order chi connectivity index (χ1) is 8.72. The van der Waals surface area contributed by atoms with Gasteiger partial charge in [-0.15, -0.1) is 0 Å². The fraction of sp³-hybridized carbons (Fsp3) is 0.417. The normalized spacial score (nSPS) is 15.3. The highest BCUT2D eigenvalue weighted by Crippen LogP contribution is 2.27. The molecule has 1 saturated heterocycles. The molecule has 0 amide bonds. The maximum absolute atomic E-state index is 10.8. The predicted octanol–water partition coefficient (Wildman–Crippen LogP) is 2.18. The molecule has 0 unspecified atom stereocenters. The smallest absolute Gasteiger partial charge is 0.270 e. The van der Waals surface area contributed by atoms with Crippen molar-refractivity contribution >= 4 is 17.6 Å². The van der Waals surface area contributed by atoms with Crippen LogP contribution in [0.1, 0.15) is 18.4 Å². The van der Waals surface area contributed by atoms with E-state index in [1.165, 1.54) is 25.5 Å². The van der Waals surface area contributed by atoms with Crippen LogP contribution in [0.15, 0.2) is 23.4 Å². The average Bonchev–Trinajstić information content (AvgIpc) is 2.89. The summed E-state index contributed by atoms with van der Waals surface area (Å²) in [6, 6.07) is 4.83. The molecule has 1 fully saturated rings. The molecule has 1 aromatic rings. The molecule has 0 aromatic heterocycles. The van der Waals surface area contributed by atoms with Crippen molar-refractivity contribution in [2.45, 2.75) is 12.8 Å². The molecule has 6 heteroatoms. The van der Waals surface area contributed by atoms with Crippen LogP contribution in [0.5, 0.6) is 0 Å². The third kappa shape index (κ3) is 2.58. The third-order valence-electron chi connectivity index (χ3n) is 2.97. The molecule has 0 radical (unpaired) electrons. The van der Waals surface area contributed by atoms with E-state index in [9.17, 15) is 10.1 Å². The molecule has 1 aromatic carbocycles. The molecule has 0 spiro atoms. The van der Waals surface area contributed by atoms with Crippen molar-refractivity contribution in [3.8, 4) is 0 Å². The monoisotopic (exact) mass is 249 g/mol. The molecule has 6 nitrogen and oxygen atoms in total. The van der Waals surface area contributed by atoms with Gasteiger partial charge in [0.05, 0.1) is 11.1 Å². The van der Waals surface area contributed by atoms with Crippen LogP contribution in [0.3, 0.4) is 0 Å². The quantitative estimate of drug-likeness (QED) is 0.466. The van der Waals surface area contributed by atoms with E-state index in [0.717, 1.165) is 31.6 Å². The molecule has 0 aliphatic carbocycles. The van der Waals surface area contributed by atoms with Crippen LogP contribution in [0.25, 0.3) is 0 Å². The largest absolute Gasteiger partial charge is 0.399 e. The number of benzene rings is 1. The molecule has 0 N–H and O–H groups in total. The van der Waals surface area contributed by atoms with Crippen LogP contribution in [0.4, 0.5) is 11.4 Å². The summed E-state index contributed by atoms with van der Waals surface area (Å²) in [5.41, 5.74) is 1.75. The Bertz CT molecular complexity index is 468. The van der Waals surface area contributed by atoms with E-state index in [2.05, 4.69) is 14.9 Å². The summed E-state index contributed by atoms with van der Waals surface area (Å²) in [6.07, 6.45) is 3.82. The summed E-state index contributed by atoms with van der Waals surface area (Å²) in [5, 5.41) is 14.5. The first-order valence-corrected chi connectivity index (χ1v) is 5.82. The van der Waals surface area contributed by atoms with E-state index in [1.54, 1.807) is 6.07 Å². The number of rotatable bonds is 4. The number of nitro benzene ring substituents is 1. The number of nitro groups is 1. The molecule has 2 rings (SSSR count). The van der Waals surface area contributed by atoms with Gasteiger partial charge in [-0.3, -0.25) is 10.1 Å². The molecule has 96 valence electrons. The SMILES string of the molecule is CO/N=C\c1cc([N+](=O)[O-])ccc1N1CCCC1. The lowest BCUT2D eigenvalue weighted by Gasteiger charge is -2.19. The highest BCUT2D eigenvalue weighted by molar-refractivity contribution is 5.89. The van der Waals surface area contributed by atoms with Crippen LogP contribution < -0.4 is 4.90 Å². The lowest BCUT2D eigenvalue weighted by Crippen LogP contribution is -2.19. The zero-order valence-corrected chi connectivity index (χ0v) is 10.2. The number of non-ortho nitro benzene ring substituents is 1. The van der Waals surface area contributed by atoms with Crippen LogP contribution in [-0.2, 0) is 4.84 Å². The van der Waals surface area contributed by atoms with E-state index < -0.39 is 4.92 Å². The number of hydrogen-bond acceptors (Lipinski definition) is 5. The summed E-state index contributed by atoms with van der Waals surface area (Å²) < 4.78 is 0. The Morgan fingerprint density at radius 2 is 2.17 bits per heavy atom.